The van der Waals surface area contributed by atoms with Crippen molar-refractivity contribution in [2.45, 2.75) is 26.4 Å². The number of rotatable bonds is 3. The Balaban J connectivity index is 2.01. The number of hydrogen-bond donors (Lipinski definition) is 1. The molecule has 0 aliphatic carbocycles. The van der Waals surface area contributed by atoms with Crippen molar-refractivity contribution in [3.8, 4) is 0 Å². The van der Waals surface area contributed by atoms with Crippen molar-refractivity contribution in [2.24, 2.45) is 0 Å². The van der Waals surface area contributed by atoms with Crippen molar-refractivity contribution in [1.82, 2.24) is 5.32 Å². The molecule has 0 spiro atoms. The average Bonchev–Trinajstić information content (AvgIpc) is 2.39. The molecule has 4 heteroatoms. The minimum atomic E-state index is -0.00513. The number of nitrogens with zero attached hydrogens (tertiary/aromatic N) is 1. The Hall–Kier alpha value is -1.39. The van der Waals surface area contributed by atoms with Gasteiger partial charge in [-0.25, -0.2) is 0 Å². The number of nitrogens with one attached hydrogen (secondary N) is 1. The summed E-state index contributed by atoms with van der Waals surface area (Å²) >= 11 is 0. The van der Waals surface area contributed by atoms with Crippen molar-refractivity contribution >= 4 is 11.6 Å². The van der Waals surface area contributed by atoms with Gasteiger partial charge in [0.15, 0.2) is 0 Å². The highest BCUT2D eigenvalue weighted by molar-refractivity contribution is 5.93. The van der Waals surface area contributed by atoms with E-state index in [1.807, 2.05) is 26.1 Å². The van der Waals surface area contributed by atoms with Crippen molar-refractivity contribution in [3.63, 3.8) is 0 Å². The van der Waals surface area contributed by atoms with Crippen LogP contribution in [-0.4, -0.2) is 38.8 Å². The van der Waals surface area contributed by atoms with Gasteiger partial charge in [0.05, 0.1) is 19.1 Å². The number of morpholine rings is 1. The molecule has 104 valence electrons. The quantitative estimate of drug-likeness (QED) is 0.900. The third-order valence-corrected chi connectivity index (χ3v) is 3.49. The van der Waals surface area contributed by atoms with Crippen molar-refractivity contribution in [1.29, 1.82) is 0 Å². The molecule has 1 aliphatic heterocycles. The number of amides is 1. The van der Waals surface area contributed by atoms with Crippen molar-refractivity contribution in [3.05, 3.63) is 29.3 Å². The van der Waals surface area contributed by atoms with Crippen LogP contribution >= 0.6 is 0 Å². The third kappa shape index (κ3) is 3.55. The highest BCUT2D eigenvalue weighted by Crippen LogP contribution is 2.21. The molecule has 0 radical (unpaired) electrons. The van der Waals surface area contributed by atoms with E-state index in [0.717, 1.165) is 24.3 Å². The van der Waals surface area contributed by atoms with E-state index in [2.05, 4.69) is 18.3 Å². The molecule has 1 unspecified atom stereocenters. The Morgan fingerprint density at radius 3 is 2.89 bits per heavy atom. The molecule has 1 saturated heterocycles. The van der Waals surface area contributed by atoms with Crippen LogP contribution in [0.15, 0.2) is 18.2 Å². The molecule has 1 aliphatic rings. The topological polar surface area (TPSA) is 41.6 Å². The Labute approximate surface area is 114 Å². The van der Waals surface area contributed by atoms with E-state index < -0.39 is 0 Å². The lowest BCUT2D eigenvalue weighted by atomic mass is 10.1. The van der Waals surface area contributed by atoms with Gasteiger partial charge in [0.1, 0.15) is 0 Å². The lowest BCUT2D eigenvalue weighted by molar-refractivity contribution is -0.121. The van der Waals surface area contributed by atoms with Gasteiger partial charge in [0.2, 0.25) is 5.91 Å². The summed E-state index contributed by atoms with van der Waals surface area (Å²) in [5.74, 6) is 0.0978. The van der Waals surface area contributed by atoms with Gasteiger partial charge in [-0.2, -0.15) is 0 Å². The van der Waals surface area contributed by atoms with Crippen LogP contribution < -0.4 is 10.2 Å². The summed E-state index contributed by atoms with van der Waals surface area (Å²) in [7, 11) is 1.83. The van der Waals surface area contributed by atoms with Crippen molar-refractivity contribution < 1.29 is 9.53 Å². The highest BCUT2D eigenvalue weighted by atomic mass is 16.5. The van der Waals surface area contributed by atoms with E-state index in [-0.39, 0.29) is 12.0 Å². The summed E-state index contributed by atoms with van der Waals surface area (Å²) in [5.41, 5.74) is 3.31. The molecule has 19 heavy (non-hydrogen) atoms. The zero-order valence-corrected chi connectivity index (χ0v) is 11.9. The highest BCUT2D eigenvalue weighted by Gasteiger charge is 2.21. The summed E-state index contributed by atoms with van der Waals surface area (Å²) in [4.78, 5) is 14.0. The summed E-state index contributed by atoms with van der Waals surface area (Å²) in [6.07, 6.45) is 0.422. The van der Waals surface area contributed by atoms with Crippen LogP contribution in [0.25, 0.3) is 0 Å². The molecule has 1 aromatic carbocycles. The molecule has 1 amide bonds. The number of aryl methyl sites for hydroxylation is 2. The van der Waals surface area contributed by atoms with Gasteiger partial charge in [0.25, 0.3) is 0 Å². The van der Waals surface area contributed by atoms with Crippen LogP contribution in [-0.2, 0) is 9.53 Å². The first-order valence-electron chi connectivity index (χ1n) is 6.74. The second kappa shape index (κ2) is 6.17. The van der Waals surface area contributed by atoms with E-state index in [1.54, 1.807) is 4.90 Å². The maximum Gasteiger partial charge on any atom is 0.229 e. The first kappa shape index (κ1) is 14.0. The van der Waals surface area contributed by atoms with Gasteiger partial charge in [-0.15, -0.1) is 0 Å². The largest absolute Gasteiger partial charge is 0.375 e. The Morgan fingerprint density at radius 2 is 2.26 bits per heavy atom. The molecule has 0 aromatic heterocycles. The number of anilines is 1. The molecule has 1 aromatic rings. The minimum absolute atomic E-state index is 0.00513. The number of carbonyl (C=O) groups is 1. The summed E-state index contributed by atoms with van der Waals surface area (Å²) in [5, 5.41) is 3.24. The zero-order chi connectivity index (χ0) is 13.8. The number of ether oxygens (including phenoxy) is 1. The Bertz CT molecular complexity index is 453. The first-order chi connectivity index (χ1) is 9.08. The number of hydrogen-bond acceptors (Lipinski definition) is 3. The van der Waals surface area contributed by atoms with E-state index in [1.165, 1.54) is 5.56 Å². The van der Waals surface area contributed by atoms with E-state index in [0.29, 0.717) is 13.0 Å². The van der Waals surface area contributed by atoms with Crippen LogP contribution in [0.3, 0.4) is 0 Å². The molecular weight excluding hydrogens is 240 g/mol. The van der Waals surface area contributed by atoms with Gasteiger partial charge < -0.3 is 15.0 Å². The maximum atomic E-state index is 12.3. The van der Waals surface area contributed by atoms with Crippen LogP contribution in [0.1, 0.15) is 17.5 Å². The lowest BCUT2D eigenvalue weighted by Gasteiger charge is -2.26. The van der Waals surface area contributed by atoms with E-state index in [9.17, 15) is 4.79 Å². The third-order valence-electron chi connectivity index (χ3n) is 3.49. The second-order valence-corrected chi connectivity index (χ2v) is 5.14. The molecule has 4 nitrogen and oxygen atoms in total. The zero-order valence-electron chi connectivity index (χ0n) is 11.9. The van der Waals surface area contributed by atoms with Gasteiger partial charge >= 0.3 is 0 Å². The molecule has 1 N–H and O–H groups in total. The SMILES string of the molecule is Cc1ccc(N(C)C(=O)CC2CNCCO2)c(C)c1. The smallest absolute Gasteiger partial charge is 0.229 e. The maximum absolute atomic E-state index is 12.3. The number of carbonyl (C=O) groups excluding carboxylic acids is 1. The van der Waals surface area contributed by atoms with Crippen LogP contribution in [0.4, 0.5) is 5.69 Å². The lowest BCUT2D eigenvalue weighted by Crippen LogP contribution is -2.41. The summed E-state index contributed by atoms with van der Waals surface area (Å²) < 4.78 is 5.57. The van der Waals surface area contributed by atoms with Crippen LogP contribution in [0.5, 0.6) is 0 Å². The van der Waals surface area contributed by atoms with E-state index in [4.69, 9.17) is 4.74 Å². The monoisotopic (exact) mass is 262 g/mol. The Kier molecular flexibility index (Phi) is 4.56. The number of benzene rings is 1. The molecule has 1 fully saturated rings. The first-order valence-corrected chi connectivity index (χ1v) is 6.74. The molecule has 0 saturated carbocycles. The predicted molar refractivity (Wildman–Crippen MR) is 76.6 cm³/mol. The van der Waals surface area contributed by atoms with Gasteiger partial charge in [-0.3, -0.25) is 4.79 Å². The van der Waals surface area contributed by atoms with Crippen LogP contribution in [0.2, 0.25) is 0 Å². The average molecular weight is 262 g/mol. The second-order valence-electron chi connectivity index (χ2n) is 5.14. The predicted octanol–water partition coefficient (Wildman–Crippen LogP) is 1.64. The fraction of sp³-hybridized carbons (Fsp3) is 0.533. The fourth-order valence-electron chi connectivity index (χ4n) is 2.40. The van der Waals surface area contributed by atoms with Gasteiger partial charge in [0, 0.05) is 25.8 Å². The molecule has 0 bridgehead atoms. The molecule has 1 atom stereocenters. The summed E-state index contributed by atoms with van der Waals surface area (Å²) in [6, 6.07) is 6.13. The molecule has 1 heterocycles. The van der Waals surface area contributed by atoms with Crippen LogP contribution in [0, 0.1) is 13.8 Å². The minimum Gasteiger partial charge on any atom is -0.375 e. The van der Waals surface area contributed by atoms with Gasteiger partial charge in [-0.1, -0.05) is 17.7 Å². The van der Waals surface area contributed by atoms with Gasteiger partial charge in [-0.05, 0) is 25.5 Å². The van der Waals surface area contributed by atoms with Crippen molar-refractivity contribution in [2.75, 3.05) is 31.6 Å². The normalized spacial score (nSPS) is 19.2. The van der Waals surface area contributed by atoms with E-state index >= 15 is 0 Å². The summed E-state index contributed by atoms with van der Waals surface area (Å²) in [6.45, 7) is 6.40. The standard InChI is InChI=1S/C15H22N2O2/c1-11-4-5-14(12(2)8-11)17(3)15(18)9-13-10-16-6-7-19-13/h4-5,8,13,16H,6-7,9-10H2,1-3H3. The molecule has 2 rings (SSSR count). The fourth-order valence-corrected chi connectivity index (χ4v) is 2.40. The molecular formula is C15H22N2O2. The Morgan fingerprint density at radius 1 is 1.47 bits per heavy atom.